The molecule has 0 spiro atoms. The molecule has 0 unspecified atom stereocenters. The van der Waals surface area contributed by atoms with Gasteiger partial charge < -0.3 is 55.1 Å². The molecule has 0 aliphatic rings. The van der Waals surface area contributed by atoms with Crippen molar-refractivity contribution in [2.45, 2.75) is 13.2 Å². The van der Waals surface area contributed by atoms with Crippen molar-refractivity contribution in [2.75, 3.05) is 52.9 Å². The second kappa shape index (κ2) is 13.4. The molecule has 0 atom stereocenters. The van der Waals surface area contributed by atoms with Gasteiger partial charge in [-0.15, -0.1) is 0 Å². The van der Waals surface area contributed by atoms with Gasteiger partial charge in [-0.2, -0.15) is 0 Å². The van der Waals surface area contributed by atoms with Gasteiger partial charge in [0.1, 0.15) is 23.0 Å². The van der Waals surface area contributed by atoms with Gasteiger partial charge in [0.25, 0.3) is 0 Å². The molecule has 2 aromatic carbocycles. The van der Waals surface area contributed by atoms with Crippen LogP contribution in [-0.2, 0) is 27.4 Å². The van der Waals surface area contributed by atoms with Crippen LogP contribution in [0.4, 0.5) is 0 Å². The lowest BCUT2D eigenvalue weighted by Crippen LogP contribution is -2.44. The van der Waals surface area contributed by atoms with Crippen LogP contribution in [-0.4, -0.2) is 93.7 Å². The number of hydrogen-bond acceptors (Lipinski definition) is 11. The van der Waals surface area contributed by atoms with E-state index in [1.807, 2.05) is 0 Å². The van der Waals surface area contributed by atoms with Crippen molar-refractivity contribution in [3.05, 3.63) is 47.5 Å². The van der Waals surface area contributed by atoms with Crippen LogP contribution >= 0.6 is 0 Å². The first-order chi connectivity index (χ1) is 16.7. The van der Waals surface area contributed by atoms with Gasteiger partial charge >= 0.3 is 0 Å². The van der Waals surface area contributed by atoms with Crippen LogP contribution in [0.2, 0.25) is 0 Å². The summed E-state index contributed by atoms with van der Waals surface area (Å²) in [5, 5.41) is 77.8. The van der Waals surface area contributed by atoms with Gasteiger partial charge in [0.2, 0.25) is 0 Å². The number of hydrogen-bond donors (Lipinski definition) is 8. The average Bonchev–Trinajstić information content (AvgIpc) is 2.84. The van der Waals surface area contributed by atoms with E-state index in [9.17, 15) is 40.9 Å². The zero-order valence-corrected chi connectivity index (χ0v) is 19.3. The van der Waals surface area contributed by atoms with Gasteiger partial charge in [-0.3, -0.25) is 0 Å². The summed E-state index contributed by atoms with van der Waals surface area (Å²) < 4.78 is 16.7. The zero-order chi connectivity index (χ0) is 25.9. The molecule has 2 rings (SSSR count). The molecule has 0 saturated carbocycles. The number of aliphatic hydroxyl groups excluding tert-OH is 4. The normalized spacial score (nSPS) is 12.2. The van der Waals surface area contributed by atoms with Crippen LogP contribution in [0.15, 0.2) is 36.4 Å². The van der Waals surface area contributed by atoms with E-state index in [0.29, 0.717) is 11.1 Å². The number of benzene rings is 2. The van der Waals surface area contributed by atoms with Crippen molar-refractivity contribution in [2.24, 2.45) is 10.8 Å². The predicted molar refractivity (Wildman–Crippen MR) is 123 cm³/mol. The highest BCUT2D eigenvalue weighted by Crippen LogP contribution is 2.27. The molecular weight excluding hydrogens is 464 g/mol. The molecule has 0 amide bonds. The van der Waals surface area contributed by atoms with Gasteiger partial charge in [0.15, 0.2) is 0 Å². The molecule has 11 heteroatoms. The molecule has 0 fully saturated rings. The van der Waals surface area contributed by atoms with Crippen molar-refractivity contribution in [3.8, 4) is 23.0 Å². The smallest absolute Gasteiger partial charge is 0.124 e. The van der Waals surface area contributed by atoms with E-state index in [4.69, 9.17) is 14.2 Å². The van der Waals surface area contributed by atoms with Gasteiger partial charge in [-0.1, -0.05) is 0 Å². The summed E-state index contributed by atoms with van der Waals surface area (Å²) >= 11 is 0. The van der Waals surface area contributed by atoms with Gasteiger partial charge in [-0.25, -0.2) is 0 Å². The number of phenols is 4. The first-order valence-electron chi connectivity index (χ1n) is 10.9. The van der Waals surface area contributed by atoms with Crippen LogP contribution in [0.3, 0.4) is 0 Å². The summed E-state index contributed by atoms with van der Waals surface area (Å²) in [6.45, 7) is -2.57. The van der Waals surface area contributed by atoms with E-state index >= 15 is 0 Å². The van der Waals surface area contributed by atoms with Crippen LogP contribution in [0.5, 0.6) is 23.0 Å². The Labute approximate surface area is 203 Å². The Hall–Kier alpha value is -2.64. The van der Waals surface area contributed by atoms with Crippen LogP contribution in [0.1, 0.15) is 11.1 Å². The SMILES string of the molecule is OCC(CO)(COCc1ccc(O)cc1O)COCC(CO)(CO)COCc1ccc(O)cc1O. The highest BCUT2D eigenvalue weighted by atomic mass is 16.5. The topological polar surface area (TPSA) is 190 Å². The zero-order valence-electron chi connectivity index (χ0n) is 19.3. The first-order valence-corrected chi connectivity index (χ1v) is 10.9. The third kappa shape index (κ3) is 8.22. The molecular formula is C24H34O11. The molecule has 0 heterocycles. The Balaban J connectivity index is 1.89. The Bertz CT molecular complexity index is 837. The van der Waals surface area contributed by atoms with Crippen LogP contribution in [0, 0.1) is 10.8 Å². The lowest BCUT2D eigenvalue weighted by Gasteiger charge is -2.33. The second-order valence-electron chi connectivity index (χ2n) is 8.74. The number of phenolic OH excluding ortho intramolecular Hbond substituents is 4. The van der Waals surface area contributed by atoms with Crippen molar-refractivity contribution in [3.63, 3.8) is 0 Å². The number of aliphatic hydroxyl groups is 4. The summed E-state index contributed by atoms with van der Waals surface area (Å²) in [5.41, 5.74) is -1.57. The Kier molecular flexibility index (Phi) is 11.0. The largest absolute Gasteiger partial charge is 0.508 e. The average molecular weight is 499 g/mol. The van der Waals surface area contributed by atoms with Crippen LogP contribution in [0.25, 0.3) is 0 Å². The van der Waals surface area contributed by atoms with E-state index in [1.165, 1.54) is 36.4 Å². The molecule has 0 aromatic heterocycles. The first kappa shape index (κ1) is 28.6. The highest BCUT2D eigenvalue weighted by molar-refractivity contribution is 5.39. The molecule has 11 nitrogen and oxygen atoms in total. The summed E-state index contributed by atoms with van der Waals surface area (Å²) in [4.78, 5) is 0. The Morgan fingerprint density at radius 3 is 1.17 bits per heavy atom. The molecule has 2 aromatic rings. The summed E-state index contributed by atoms with van der Waals surface area (Å²) in [5.74, 6) is -0.507. The van der Waals surface area contributed by atoms with Crippen molar-refractivity contribution in [1.82, 2.24) is 0 Å². The maximum absolute atomic E-state index is 9.85. The molecule has 35 heavy (non-hydrogen) atoms. The monoisotopic (exact) mass is 498 g/mol. The minimum Gasteiger partial charge on any atom is -0.508 e. The lowest BCUT2D eigenvalue weighted by molar-refractivity contribution is -0.121. The van der Waals surface area contributed by atoms with Gasteiger partial charge in [0, 0.05) is 23.3 Å². The van der Waals surface area contributed by atoms with E-state index in [1.54, 1.807) is 0 Å². The molecule has 0 bridgehead atoms. The van der Waals surface area contributed by atoms with E-state index in [0.717, 1.165) is 0 Å². The van der Waals surface area contributed by atoms with E-state index < -0.39 is 37.3 Å². The summed E-state index contributed by atoms with van der Waals surface area (Å²) in [6, 6.07) is 8.08. The third-order valence-corrected chi connectivity index (χ3v) is 5.63. The van der Waals surface area contributed by atoms with Crippen molar-refractivity contribution in [1.29, 1.82) is 0 Å². The Morgan fingerprint density at radius 2 is 0.857 bits per heavy atom. The number of rotatable bonds is 16. The molecule has 196 valence electrons. The second-order valence-corrected chi connectivity index (χ2v) is 8.74. The molecule has 0 aliphatic heterocycles. The quantitative estimate of drug-likeness (QED) is 0.158. The summed E-state index contributed by atoms with van der Waals surface area (Å²) in [7, 11) is 0. The van der Waals surface area contributed by atoms with Crippen molar-refractivity contribution < 1.29 is 55.1 Å². The maximum Gasteiger partial charge on any atom is 0.124 e. The van der Waals surface area contributed by atoms with Gasteiger partial charge in [0.05, 0.1) is 76.9 Å². The fraction of sp³-hybridized carbons (Fsp3) is 0.500. The summed E-state index contributed by atoms with van der Waals surface area (Å²) in [6.07, 6.45) is 0. The Morgan fingerprint density at radius 1 is 0.514 bits per heavy atom. The van der Waals surface area contributed by atoms with Gasteiger partial charge in [-0.05, 0) is 24.3 Å². The maximum atomic E-state index is 9.85. The number of ether oxygens (including phenoxy) is 3. The minimum atomic E-state index is -1.19. The molecule has 0 saturated heterocycles. The minimum absolute atomic E-state index is 0.0387. The molecule has 0 radical (unpaired) electrons. The predicted octanol–water partition coefficient (Wildman–Crippen LogP) is 0.201. The lowest BCUT2D eigenvalue weighted by atomic mass is 9.90. The fourth-order valence-corrected chi connectivity index (χ4v) is 3.14. The van der Waals surface area contributed by atoms with Crippen molar-refractivity contribution >= 4 is 0 Å². The standard InChI is InChI=1S/C24H34O11/c25-9-23(10-26,13-33-7-17-1-3-19(29)5-21(17)31)15-35-16-24(11-27,12-28)14-34-8-18-2-4-20(30)6-22(18)32/h1-6,25-32H,7-16H2. The number of aromatic hydroxyl groups is 4. The van der Waals surface area contributed by atoms with Crippen LogP contribution < -0.4 is 0 Å². The fourth-order valence-electron chi connectivity index (χ4n) is 3.14. The highest BCUT2D eigenvalue weighted by Gasteiger charge is 2.34. The molecule has 8 N–H and O–H groups in total. The van der Waals surface area contributed by atoms with E-state index in [-0.39, 0.29) is 62.6 Å². The molecule has 0 aliphatic carbocycles. The van der Waals surface area contributed by atoms with E-state index in [2.05, 4.69) is 0 Å². The third-order valence-electron chi connectivity index (χ3n) is 5.63.